The highest BCUT2D eigenvalue weighted by Crippen LogP contribution is 2.27. The predicted molar refractivity (Wildman–Crippen MR) is 102 cm³/mol. The normalized spacial score (nSPS) is 10.7. The van der Waals surface area contributed by atoms with E-state index in [-0.39, 0.29) is 17.6 Å². The number of halogens is 1. The molecule has 1 amide bonds. The molecule has 0 spiro atoms. The van der Waals surface area contributed by atoms with E-state index >= 15 is 0 Å². The number of aromatic nitrogens is 2. The standard InChI is InChI=1S/C20H20FN3O4/c1-4-24-15-7-6-13(21)10-14(15)19(25)18(23-24)20(26)22-11-12-5-8-16(27-2)17(9-12)28-3/h5-10H,4,11H2,1-3H3,(H,22,26). The number of hydrogen-bond donors (Lipinski definition) is 1. The fraction of sp³-hybridized carbons (Fsp3) is 0.250. The number of aryl methyl sites for hydroxylation is 1. The molecule has 0 radical (unpaired) electrons. The second-order valence-electron chi connectivity index (χ2n) is 6.03. The lowest BCUT2D eigenvalue weighted by atomic mass is 10.1. The van der Waals surface area contributed by atoms with Gasteiger partial charge in [0.1, 0.15) is 5.82 Å². The van der Waals surface area contributed by atoms with Gasteiger partial charge in [0.2, 0.25) is 5.43 Å². The molecule has 2 aromatic carbocycles. The molecule has 1 heterocycles. The van der Waals surface area contributed by atoms with Gasteiger partial charge in [-0.25, -0.2) is 4.39 Å². The number of fused-ring (bicyclic) bond motifs is 1. The van der Waals surface area contributed by atoms with Crippen molar-refractivity contribution in [3.05, 3.63) is 63.7 Å². The van der Waals surface area contributed by atoms with Crippen LogP contribution in [0.2, 0.25) is 0 Å². The average Bonchev–Trinajstić information content (AvgIpc) is 2.72. The van der Waals surface area contributed by atoms with Gasteiger partial charge in [-0.3, -0.25) is 14.3 Å². The average molecular weight is 385 g/mol. The van der Waals surface area contributed by atoms with Crippen molar-refractivity contribution in [1.82, 2.24) is 15.1 Å². The third-order valence-corrected chi connectivity index (χ3v) is 4.33. The van der Waals surface area contributed by atoms with Gasteiger partial charge in [-0.15, -0.1) is 0 Å². The first-order valence-electron chi connectivity index (χ1n) is 8.68. The quantitative estimate of drug-likeness (QED) is 0.705. The first-order valence-corrected chi connectivity index (χ1v) is 8.68. The van der Waals surface area contributed by atoms with Crippen LogP contribution in [0.15, 0.2) is 41.2 Å². The zero-order valence-electron chi connectivity index (χ0n) is 15.8. The van der Waals surface area contributed by atoms with Gasteiger partial charge in [-0.2, -0.15) is 5.10 Å². The van der Waals surface area contributed by atoms with Crippen LogP contribution in [-0.4, -0.2) is 29.9 Å². The summed E-state index contributed by atoms with van der Waals surface area (Å²) in [6.07, 6.45) is 0. The molecule has 7 nitrogen and oxygen atoms in total. The van der Waals surface area contributed by atoms with Gasteiger partial charge in [0, 0.05) is 13.1 Å². The Morgan fingerprint density at radius 2 is 1.89 bits per heavy atom. The number of methoxy groups -OCH3 is 2. The number of ether oxygens (including phenoxy) is 2. The molecule has 0 aliphatic heterocycles. The predicted octanol–water partition coefficient (Wildman–Crippen LogP) is 2.50. The maximum atomic E-state index is 13.6. The van der Waals surface area contributed by atoms with Crippen LogP contribution in [0.5, 0.6) is 11.5 Å². The SMILES string of the molecule is CCn1nc(C(=O)NCc2ccc(OC)c(OC)c2)c(=O)c2cc(F)ccc21. The van der Waals surface area contributed by atoms with Gasteiger partial charge in [0.05, 0.1) is 25.1 Å². The molecule has 3 rings (SSSR count). The molecular formula is C20H20FN3O4. The van der Waals surface area contributed by atoms with Gasteiger partial charge in [0.15, 0.2) is 17.2 Å². The minimum atomic E-state index is -0.631. The Morgan fingerprint density at radius 3 is 2.57 bits per heavy atom. The fourth-order valence-electron chi connectivity index (χ4n) is 2.91. The summed E-state index contributed by atoms with van der Waals surface area (Å²) in [4.78, 5) is 25.2. The minimum Gasteiger partial charge on any atom is -0.493 e. The highest BCUT2D eigenvalue weighted by atomic mass is 19.1. The molecule has 0 saturated carbocycles. The Labute approximate surface area is 160 Å². The lowest BCUT2D eigenvalue weighted by Crippen LogP contribution is -2.31. The molecular weight excluding hydrogens is 365 g/mol. The van der Waals surface area contributed by atoms with Crippen molar-refractivity contribution in [3.63, 3.8) is 0 Å². The maximum absolute atomic E-state index is 13.6. The number of carbonyl (C=O) groups excluding carboxylic acids is 1. The molecule has 0 bridgehead atoms. The summed E-state index contributed by atoms with van der Waals surface area (Å²) < 4.78 is 25.5. The molecule has 8 heteroatoms. The van der Waals surface area contributed by atoms with Crippen molar-refractivity contribution in [2.75, 3.05) is 14.2 Å². The first-order chi connectivity index (χ1) is 13.5. The number of nitrogens with one attached hydrogen (secondary N) is 1. The number of amides is 1. The lowest BCUT2D eigenvalue weighted by Gasteiger charge is -2.12. The van der Waals surface area contributed by atoms with Crippen LogP contribution in [-0.2, 0) is 13.1 Å². The molecule has 1 aromatic heterocycles. The van der Waals surface area contributed by atoms with E-state index in [4.69, 9.17) is 9.47 Å². The van der Waals surface area contributed by atoms with Gasteiger partial charge in [-0.1, -0.05) is 6.07 Å². The minimum absolute atomic E-state index is 0.119. The fourth-order valence-corrected chi connectivity index (χ4v) is 2.91. The van der Waals surface area contributed by atoms with Crippen LogP contribution in [0.3, 0.4) is 0 Å². The molecule has 0 atom stereocenters. The van der Waals surface area contributed by atoms with E-state index in [0.29, 0.717) is 23.6 Å². The van der Waals surface area contributed by atoms with E-state index in [2.05, 4.69) is 10.4 Å². The van der Waals surface area contributed by atoms with Crippen molar-refractivity contribution in [2.24, 2.45) is 0 Å². The van der Waals surface area contributed by atoms with E-state index in [1.807, 2.05) is 6.92 Å². The number of carbonyl (C=O) groups is 1. The second kappa shape index (κ2) is 8.08. The summed E-state index contributed by atoms with van der Waals surface area (Å²) in [5.41, 5.74) is 0.350. The Hall–Kier alpha value is -3.42. The van der Waals surface area contributed by atoms with Gasteiger partial charge in [0.25, 0.3) is 5.91 Å². The van der Waals surface area contributed by atoms with Crippen molar-refractivity contribution in [1.29, 1.82) is 0 Å². The van der Waals surface area contributed by atoms with Gasteiger partial charge < -0.3 is 14.8 Å². The Balaban J connectivity index is 1.90. The maximum Gasteiger partial charge on any atom is 0.276 e. The zero-order chi connectivity index (χ0) is 20.3. The molecule has 1 N–H and O–H groups in total. The summed E-state index contributed by atoms with van der Waals surface area (Å²) >= 11 is 0. The van der Waals surface area contributed by atoms with Crippen LogP contribution in [0.25, 0.3) is 10.9 Å². The number of rotatable bonds is 6. The van der Waals surface area contributed by atoms with Gasteiger partial charge >= 0.3 is 0 Å². The van der Waals surface area contributed by atoms with Gasteiger partial charge in [-0.05, 0) is 42.8 Å². The van der Waals surface area contributed by atoms with E-state index in [9.17, 15) is 14.0 Å². The molecule has 28 heavy (non-hydrogen) atoms. The number of nitrogens with zero attached hydrogens (tertiary/aromatic N) is 2. The highest BCUT2D eigenvalue weighted by Gasteiger charge is 2.17. The molecule has 146 valence electrons. The third kappa shape index (κ3) is 3.66. The summed E-state index contributed by atoms with van der Waals surface area (Å²) in [5, 5.41) is 6.94. The van der Waals surface area contributed by atoms with E-state index in [0.717, 1.165) is 11.6 Å². The Morgan fingerprint density at radius 1 is 1.14 bits per heavy atom. The summed E-state index contributed by atoms with van der Waals surface area (Å²) in [7, 11) is 3.05. The monoisotopic (exact) mass is 385 g/mol. The molecule has 0 saturated heterocycles. The van der Waals surface area contributed by atoms with Crippen molar-refractivity contribution in [3.8, 4) is 11.5 Å². The summed E-state index contributed by atoms with van der Waals surface area (Å²) in [5.74, 6) is -0.0770. The van der Waals surface area contributed by atoms with Crippen LogP contribution >= 0.6 is 0 Å². The van der Waals surface area contributed by atoms with Crippen LogP contribution < -0.4 is 20.2 Å². The largest absolute Gasteiger partial charge is 0.493 e. The topological polar surface area (TPSA) is 82.5 Å². The smallest absolute Gasteiger partial charge is 0.276 e. The third-order valence-electron chi connectivity index (χ3n) is 4.33. The zero-order valence-corrected chi connectivity index (χ0v) is 15.8. The van der Waals surface area contributed by atoms with Crippen molar-refractivity contribution >= 4 is 16.8 Å². The molecule has 3 aromatic rings. The first kappa shape index (κ1) is 19.3. The lowest BCUT2D eigenvalue weighted by molar-refractivity contribution is 0.0942. The second-order valence-corrected chi connectivity index (χ2v) is 6.03. The highest BCUT2D eigenvalue weighted by molar-refractivity contribution is 5.95. The molecule has 0 fully saturated rings. The van der Waals surface area contributed by atoms with E-state index in [1.165, 1.54) is 31.0 Å². The van der Waals surface area contributed by atoms with E-state index in [1.54, 1.807) is 18.2 Å². The van der Waals surface area contributed by atoms with E-state index < -0.39 is 17.2 Å². The van der Waals surface area contributed by atoms with Crippen LogP contribution in [0.4, 0.5) is 4.39 Å². The van der Waals surface area contributed by atoms with Crippen LogP contribution in [0, 0.1) is 5.82 Å². The number of hydrogen-bond acceptors (Lipinski definition) is 5. The van der Waals surface area contributed by atoms with Crippen LogP contribution in [0.1, 0.15) is 23.0 Å². The summed E-state index contributed by atoms with van der Waals surface area (Å²) in [6, 6.07) is 9.08. The Kier molecular flexibility index (Phi) is 5.58. The molecule has 0 aliphatic carbocycles. The van der Waals surface area contributed by atoms with Crippen molar-refractivity contribution < 1.29 is 18.7 Å². The van der Waals surface area contributed by atoms with Crippen molar-refractivity contribution in [2.45, 2.75) is 20.0 Å². The molecule has 0 aliphatic rings. The molecule has 0 unspecified atom stereocenters. The number of benzene rings is 2. The Bertz CT molecular complexity index is 1090. The summed E-state index contributed by atoms with van der Waals surface area (Å²) in [6.45, 7) is 2.41.